The number of nitrogens with one attached hydrogen (secondary N) is 1. The van der Waals surface area contributed by atoms with E-state index in [1.54, 1.807) is 0 Å². The maximum Gasteiger partial charge on any atom is 0.186 e. The molecule has 4 nitrogen and oxygen atoms in total. The highest BCUT2D eigenvalue weighted by atomic mass is 32.2. The lowest BCUT2D eigenvalue weighted by atomic mass is 9.99. The van der Waals surface area contributed by atoms with Gasteiger partial charge in [0.1, 0.15) is 0 Å². The molecule has 1 aromatic heterocycles. The summed E-state index contributed by atoms with van der Waals surface area (Å²) in [5, 5.41) is 9.25. The number of nitrogens with zero attached hydrogens (tertiary/aromatic N) is 3. The normalized spacial score (nSPS) is 26.1. The summed E-state index contributed by atoms with van der Waals surface area (Å²) < 4.78 is 2.11. The van der Waals surface area contributed by atoms with E-state index in [1.807, 2.05) is 11.8 Å². The summed E-state index contributed by atoms with van der Waals surface area (Å²) in [6.45, 7) is 3.25. The van der Waals surface area contributed by atoms with Gasteiger partial charge < -0.3 is 5.32 Å². The Hall–Kier alpha value is -0.550. The first-order chi connectivity index (χ1) is 7.93. The molecule has 0 spiro atoms. The largest absolute Gasteiger partial charge is 0.316 e. The number of hydrogen-bond acceptors (Lipinski definition) is 4. The third kappa shape index (κ3) is 2.11. The summed E-state index contributed by atoms with van der Waals surface area (Å²) in [6, 6.07) is 0. The Bertz CT molecular complexity index is 333. The molecule has 3 rings (SSSR count). The van der Waals surface area contributed by atoms with Gasteiger partial charge in [0.25, 0.3) is 0 Å². The van der Waals surface area contributed by atoms with Crippen LogP contribution in [0.2, 0.25) is 0 Å². The minimum Gasteiger partial charge on any atom is -0.316 e. The molecule has 0 amide bonds. The molecule has 1 fully saturated rings. The second-order valence-corrected chi connectivity index (χ2v) is 5.64. The van der Waals surface area contributed by atoms with Crippen LogP contribution < -0.4 is 5.32 Å². The number of thioether (sulfide) groups is 1. The summed E-state index contributed by atoms with van der Waals surface area (Å²) in [5.41, 5.74) is 0. The van der Waals surface area contributed by atoms with Gasteiger partial charge in [-0.3, -0.25) is 0 Å². The van der Waals surface area contributed by atoms with Gasteiger partial charge in [-0.25, -0.2) is 9.67 Å². The molecule has 88 valence electrons. The van der Waals surface area contributed by atoms with Crippen molar-refractivity contribution in [3.05, 3.63) is 5.82 Å². The van der Waals surface area contributed by atoms with Gasteiger partial charge in [-0.1, -0.05) is 11.8 Å². The van der Waals surface area contributed by atoms with E-state index in [1.165, 1.54) is 31.4 Å². The highest BCUT2D eigenvalue weighted by Crippen LogP contribution is 2.26. The molecule has 3 heterocycles. The van der Waals surface area contributed by atoms with Gasteiger partial charge in [0.2, 0.25) is 0 Å². The standard InChI is InChI=1S/C11H18N4S/c1-2-7-16-11-13-10(14-15(11)6-1)9-4-3-5-12-8-9/h9,12H,1-8H2. The lowest BCUT2D eigenvalue weighted by Gasteiger charge is -2.19. The molecule has 16 heavy (non-hydrogen) atoms. The molecule has 1 N–H and O–H groups in total. The van der Waals surface area contributed by atoms with Gasteiger partial charge >= 0.3 is 0 Å². The van der Waals surface area contributed by atoms with Crippen LogP contribution >= 0.6 is 11.8 Å². The Labute approximate surface area is 100 Å². The lowest BCUT2D eigenvalue weighted by Crippen LogP contribution is -2.29. The molecular weight excluding hydrogens is 220 g/mol. The number of aromatic nitrogens is 3. The zero-order chi connectivity index (χ0) is 10.8. The molecule has 1 aromatic rings. The van der Waals surface area contributed by atoms with E-state index in [9.17, 15) is 0 Å². The van der Waals surface area contributed by atoms with Crippen molar-refractivity contribution in [1.82, 2.24) is 20.1 Å². The van der Waals surface area contributed by atoms with Crippen molar-refractivity contribution >= 4 is 11.8 Å². The van der Waals surface area contributed by atoms with Crippen LogP contribution in [0.15, 0.2) is 5.16 Å². The number of hydrogen-bond donors (Lipinski definition) is 1. The Morgan fingerprint density at radius 2 is 2.31 bits per heavy atom. The van der Waals surface area contributed by atoms with Gasteiger partial charge in [-0.2, -0.15) is 5.10 Å². The van der Waals surface area contributed by atoms with E-state index in [2.05, 4.69) is 15.1 Å². The molecular formula is C11H18N4S. The Morgan fingerprint density at radius 3 is 3.19 bits per heavy atom. The zero-order valence-corrected chi connectivity index (χ0v) is 10.3. The number of aryl methyl sites for hydroxylation is 1. The minimum absolute atomic E-state index is 0.536. The smallest absolute Gasteiger partial charge is 0.186 e. The molecule has 0 aromatic carbocycles. The summed E-state index contributed by atoms with van der Waals surface area (Å²) in [5.74, 6) is 2.80. The topological polar surface area (TPSA) is 42.7 Å². The maximum atomic E-state index is 4.71. The number of piperidine rings is 1. The predicted octanol–water partition coefficient (Wildman–Crippen LogP) is 1.63. The predicted molar refractivity (Wildman–Crippen MR) is 64.8 cm³/mol. The Balaban J connectivity index is 1.80. The zero-order valence-electron chi connectivity index (χ0n) is 9.48. The van der Waals surface area contributed by atoms with E-state index in [0.29, 0.717) is 5.92 Å². The molecule has 0 radical (unpaired) electrons. The second kappa shape index (κ2) is 4.75. The van der Waals surface area contributed by atoms with Crippen LogP contribution in [0, 0.1) is 0 Å². The van der Waals surface area contributed by atoms with Crippen molar-refractivity contribution in [3.8, 4) is 0 Å². The molecule has 1 unspecified atom stereocenters. The first-order valence-electron chi connectivity index (χ1n) is 6.22. The van der Waals surface area contributed by atoms with Crippen LogP contribution in [0.5, 0.6) is 0 Å². The van der Waals surface area contributed by atoms with Crippen LogP contribution in [0.3, 0.4) is 0 Å². The fraction of sp³-hybridized carbons (Fsp3) is 0.818. The molecule has 0 saturated carbocycles. The van der Waals surface area contributed by atoms with Crippen molar-refractivity contribution in [2.45, 2.75) is 43.3 Å². The molecule has 2 aliphatic rings. The summed E-state index contributed by atoms with van der Waals surface area (Å²) in [7, 11) is 0. The number of fused-ring (bicyclic) bond motifs is 1. The molecule has 2 aliphatic heterocycles. The van der Waals surface area contributed by atoms with Crippen molar-refractivity contribution in [2.75, 3.05) is 18.8 Å². The summed E-state index contributed by atoms with van der Waals surface area (Å²) >= 11 is 1.86. The molecule has 5 heteroatoms. The maximum absolute atomic E-state index is 4.71. The van der Waals surface area contributed by atoms with E-state index < -0.39 is 0 Å². The third-order valence-corrected chi connectivity index (χ3v) is 4.36. The highest BCUT2D eigenvalue weighted by Gasteiger charge is 2.22. The van der Waals surface area contributed by atoms with Gasteiger partial charge in [-0.15, -0.1) is 0 Å². The Kier molecular flexibility index (Phi) is 3.15. The Morgan fingerprint density at radius 1 is 1.31 bits per heavy atom. The quantitative estimate of drug-likeness (QED) is 0.807. The molecule has 1 saturated heterocycles. The number of rotatable bonds is 1. The van der Waals surface area contributed by atoms with Crippen LogP contribution in [-0.4, -0.2) is 33.6 Å². The SMILES string of the molecule is C1CCn2nc(C3CCCNC3)nc2SC1. The third-order valence-electron chi connectivity index (χ3n) is 3.31. The molecule has 0 bridgehead atoms. The van der Waals surface area contributed by atoms with Crippen LogP contribution in [0.4, 0.5) is 0 Å². The first-order valence-corrected chi connectivity index (χ1v) is 7.20. The van der Waals surface area contributed by atoms with E-state index >= 15 is 0 Å². The average Bonchev–Trinajstić information content (AvgIpc) is 2.62. The van der Waals surface area contributed by atoms with Crippen LogP contribution in [0.1, 0.15) is 37.4 Å². The van der Waals surface area contributed by atoms with Crippen molar-refractivity contribution < 1.29 is 0 Å². The van der Waals surface area contributed by atoms with E-state index in [-0.39, 0.29) is 0 Å². The fourth-order valence-electron chi connectivity index (χ4n) is 2.37. The van der Waals surface area contributed by atoms with E-state index in [4.69, 9.17) is 4.98 Å². The first kappa shape index (κ1) is 10.6. The van der Waals surface area contributed by atoms with Gasteiger partial charge in [0, 0.05) is 24.8 Å². The summed E-state index contributed by atoms with van der Waals surface area (Å²) in [4.78, 5) is 4.71. The fourth-order valence-corrected chi connectivity index (χ4v) is 3.34. The lowest BCUT2D eigenvalue weighted by molar-refractivity contribution is 0.442. The van der Waals surface area contributed by atoms with Crippen molar-refractivity contribution in [2.24, 2.45) is 0 Å². The average molecular weight is 238 g/mol. The minimum atomic E-state index is 0.536. The molecule has 0 aliphatic carbocycles. The van der Waals surface area contributed by atoms with E-state index in [0.717, 1.165) is 30.6 Å². The van der Waals surface area contributed by atoms with Gasteiger partial charge in [0.15, 0.2) is 11.0 Å². The van der Waals surface area contributed by atoms with Crippen molar-refractivity contribution in [3.63, 3.8) is 0 Å². The van der Waals surface area contributed by atoms with Crippen LogP contribution in [0.25, 0.3) is 0 Å². The van der Waals surface area contributed by atoms with Crippen LogP contribution in [-0.2, 0) is 6.54 Å². The monoisotopic (exact) mass is 238 g/mol. The molecule has 1 atom stereocenters. The highest BCUT2D eigenvalue weighted by molar-refractivity contribution is 7.99. The van der Waals surface area contributed by atoms with Gasteiger partial charge in [-0.05, 0) is 32.2 Å². The summed E-state index contributed by atoms with van der Waals surface area (Å²) in [6.07, 6.45) is 5.02. The second-order valence-electron chi connectivity index (χ2n) is 4.57. The van der Waals surface area contributed by atoms with Crippen molar-refractivity contribution in [1.29, 1.82) is 0 Å². The van der Waals surface area contributed by atoms with Gasteiger partial charge in [0.05, 0.1) is 0 Å².